The molecule has 4 bridgehead atoms. The van der Waals surface area contributed by atoms with Gasteiger partial charge in [0.05, 0.1) is 11.7 Å². The van der Waals surface area contributed by atoms with Gasteiger partial charge in [0.25, 0.3) is 0 Å². The first-order chi connectivity index (χ1) is 9.56. The van der Waals surface area contributed by atoms with Crippen molar-refractivity contribution in [2.45, 2.75) is 63.8 Å². The number of hydrogen-bond donors (Lipinski definition) is 1. The molecule has 5 rings (SSSR count). The Bertz CT molecular complexity index is 470. The Morgan fingerprint density at radius 2 is 1.70 bits per heavy atom. The average Bonchev–Trinajstić information content (AvgIpc) is 2.86. The van der Waals surface area contributed by atoms with Gasteiger partial charge >= 0.3 is 0 Å². The van der Waals surface area contributed by atoms with Gasteiger partial charge in [-0.1, -0.05) is 13.8 Å². The van der Waals surface area contributed by atoms with Crippen LogP contribution < -0.4 is 5.73 Å². The minimum Gasteiger partial charge on any atom is -0.322 e. The first-order valence-corrected chi connectivity index (χ1v) is 9.15. The summed E-state index contributed by atoms with van der Waals surface area (Å²) in [6.45, 7) is 4.38. The second-order valence-electron chi connectivity index (χ2n) is 8.04. The maximum absolute atomic E-state index is 6.29. The fourth-order valence-electron chi connectivity index (χ4n) is 5.39. The maximum Gasteiger partial charge on any atom is 0.110 e. The largest absolute Gasteiger partial charge is 0.322 e. The molecule has 1 atom stereocenters. The van der Waals surface area contributed by atoms with E-state index >= 15 is 0 Å². The summed E-state index contributed by atoms with van der Waals surface area (Å²) in [5, 5.41) is 3.50. The van der Waals surface area contributed by atoms with E-state index < -0.39 is 0 Å². The molecule has 4 fully saturated rings. The highest BCUT2D eigenvalue weighted by atomic mass is 32.1. The molecule has 0 radical (unpaired) electrons. The summed E-state index contributed by atoms with van der Waals surface area (Å²) in [5.41, 5.74) is 8.12. The molecule has 2 nitrogen and oxygen atoms in total. The van der Waals surface area contributed by atoms with E-state index in [-0.39, 0.29) is 6.04 Å². The normalized spacial score (nSPS) is 40.5. The predicted molar refractivity (Wildman–Crippen MR) is 83.7 cm³/mol. The molecule has 110 valence electrons. The van der Waals surface area contributed by atoms with Crippen LogP contribution in [-0.4, -0.2) is 4.98 Å². The van der Waals surface area contributed by atoms with Crippen LogP contribution in [0.4, 0.5) is 0 Å². The third-order valence-corrected chi connectivity index (χ3v) is 7.05. The lowest BCUT2D eigenvalue weighted by atomic mass is 9.49. The molecule has 0 saturated heterocycles. The summed E-state index contributed by atoms with van der Waals surface area (Å²) in [6.07, 6.45) is 8.71. The van der Waals surface area contributed by atoms with Gasteiger partial charge in [-0.15, -0.1) is 11.3 Å². The molecule has 1 heterocycles. The van der Waals surface area contributed by atoms with Crippen molar-refractivity contribution in [3.05, 3.63) is 16.1 Å². The zero-order valence-electron chi connectivity index (χ0n) is 12.6. The third-order valence-electron chi connectivity index (χ3n) is 6.11. The van der Waals surface area contributed by atoms with Crippen molar-refractivity contribution < 1.29 is 0 Å². The van der Waals surface area contributed by atoms with E-state index in [2.05, 4.69) is 19.2 Å². The van der Waals surface area contributed by atoms with E-state index in [9.17, 15) is 0 Å². The van der Waals surface area contributed by atoms with Gasteiger partial charge in [-0.3, -0.25) is 0 Å². The number of thiazole rings is 1. The number of aromatic nitrogens is 1. The van der Waals surface area contributed by atoms with Gasteiger partial charge in [-0.05, 0) is 62.2 Å². The average molecular weight is 290 g/mol. The van der Waals surface area contributed by atoms with E-state index in [0.717, 1.165) is 22.8 Å². The van der Waals surface area contributed by atoms with E-state index in [1.165, 1.54) is 44.2 Å². The van der Waals surface area contributed by atoms with Crippen LogP contribution in [0.3, 0.4) is 0 Å². The maximum atomic E-state index is 6.29. The van der Waals surface area contributed by atoms with Gasteiger partial charge in [0.2, 0.25) is 0 Å². The first-order valence-electron chi connectivity index (χ1n) is 8.27. The summed E-state index contributed by atoms with van der Waals surface area (Å²) in [7, 11) is 0. The molecule has 0 aromatic carbocycles. The predicted octanol–water partition coefficient (Wildman–Crippen LogP) is 4.27. The van der Waals surface area contributed by atoms with Crippen LogP contribution in [0, 0.1) is 23.7 Å². The number of hydrogen-bond acceptors (Lipinski definition) is 3. The Morgan fingerprint density at radius 3 is 2.20 bits per heavy atom. The summed E-state index contributed by atoms with van der Waals surface area (Å²) in [6, 6.07) is 0.114. The molecule has 1 unspecified atom stereocenters. The molecule has 3 heteroatoms. The molecule has 20 heavy (non-hydrogen) atoms. The van der Waals surface area contributed by atoms with Crippen LogP contribution >= 0.6 is 11.3 Å². The lowest BCUT2D eigenvalue weighted by Crippen LogP contribution is -2.48. The molecule has 0 amide bonds. The second kappa shape index (κ2) is 4.54. The molecule has 1 aromatic rings. The monoisotopic (exact) mass is 290 g/mol. The van der Waals surface area contributed by atoms with Gasteiger partial charge in [-0.2, -0.15) is 0 Å². The Hall–Kier alpha value is -0.410. The van der Waals surface area contributed by atoms with Gasteiger partial charge in [0.1, 0.15) is 5.01 Å². The topological polar surface area (TPSA) is 38.9 Å². The zero-order chi connectivity index (χ0) is 13.9. The summed E-state index contributed by atoms with van der Waals surface area (Å²) in [5.74, 6) is 3.45. The number of nitrogens with zero attached hydrogens (tertiary/aromatic N) is 1. The summed E-state index contributed by atoms with van der Waals surface area (Å²) < 4.78 is 0. The van der Waals surface area contributed by atoms with E-state index in [0.29, 0.717) is 11.3 Å². The summed E-state index contributed by atoms with van der Waals surface area (Å²) in [4.78, 5) is 5.01. The van der Waals surface area contributed by atoms with Crippen LogP contribution in [0.1, 0.15) is 69.1 Å². The number of rotatable bonds is 3. The molecule has 4 aliphatic rings. The van der Waals surface area contributed by atoms with Crippen molar-refractivity contribution in [2.75, 3.05) is 0 Å². The fraction of sp³-hybridized carbons (Fsp3) is 0.824. The molecule has 0 spiro atoms. The van der Waals surface area contributed by atoms with Crippen molar-refractivity contribution in [2.24, 2.45) is 29.4 Å². The molecular formula is C17H26N2S. The van der Waals surface area contributed by atoms with Crippen LogP contribution in [0.5, 0.6) is 0 Å². The quantitative estimate of drug-likeness (QED) is 0.903. The van der Waals surface area contributed by atoms with Gasteiger partial charge < -0.3 is 5.73 Å². The van der Waals surface area contributed by atoms with Crippen molar-refractivity contribution in [3.63, 3.8) is 0 Å². The summed E-state index contributed by atoms with van der Waals surface area (Å²) >= 11 is 1.80. The van der Waals surface area contributed by atoms with Gasteiger partial charge in [-0.25, -0.2) is 4.98 Å². The zero-order valence-corrected chi connectivity index (χ0v) is 13.5. The fourth-order valence-corrected chi connectivity index (χ4v) is 6.51. The van der Waals surface area contributed by atoms with Crippen molar-refractivity contribution >= 4 is 11.3 Å². The Morgan fingerprint density at radius 1 is 1.15 bits per heavy atom. The Labute approximate surface area is 126 Å². The van der Waals surface area contributed by atoms with Crippen LogP contribution in [0.25, 0.3) is 0 Å². The van der Waals surface area contributed by atoms with Gasteiger partial charge in [0, 0.05) is 10.8 Å². The van der Waals surface area contributed by atoms with E-state index in [1.807, 2.05) is 0 Å². The molecular weight excluding hydrogens is 264 g/mol. The van der Waals surface area contributed by atoms with Gasteiger partial charge in [0.15, 0.2) is 0 Å². The van der Waals surface area contributed by atoms with Crippen LogP contribution in [0.2, 0.25) is 0 Å². The lowest BCUT2D eigenvalue weighted by molar-refractivity contribution is -0.00701. The Kier molecular flexibility index (Phi) is 3.01. The standard InChI is InChI=1S/C17H26N2S/c1-10(2)15(18)16-19-14(9-20-16)17-6-11-3-12(7-17)5-13(4-11)8-17/h9-13,15H,3-8,18H2,1-2H3. The molecule has 2 N–H and O–H groups in total. The van der Waals surface area contributed by atoms with Crippen molar-refractivity contribution in [1.29, 1.82) is 0 Å². The molecule has 0 aliphatic heterocycles. The minimum absolute atomic E-state index is 0.114. The Balaban J connectivity index is 1.64. The smallest absolute Gasteiger partial charge is 0.110 e. The van der Waals surface area contributed by atoms with E-state index in [1.54, 1.807) is 11.3 Å². The highest BCUT2D eigenvalue weighted by Gasteiger charge is 2.52. The SMILES string of the molecule is CC(C)C(N)c1nc(C23CC4CC(CC(C4)C2)C3)cs1. The van der Waals surface area contributed by atoms with E-state index in [4.69, 9.17) is 10.7 Å². The second-order valence-corrected chi connectivity index (χ2v) is 8.93. The highest BCUT2D eigenvalue weighted by molar-refractivity contribution is 7.09. The molecule has 1 aromatic heterocycles. The first kappa shape index (κ1) is 13.3. The lowest BCUT2D eigenvalue weighted by Gasteiger charge is -2.56. The minimum atomic E-state index is 0.114. The van der Waals surface area contributed by atoms with Crippen LogP contribution in [0.15, 0.2) is 5.38 Å². The van der Waals surface area contributed by atoms with Crippen molar-refractivity contribution in [1.82, 2.24) is 4.98 Å². The van der Waals surface area contributed by atoms with Crippen molar-refractivity contribution in [3.8, 4) is 0 Å². The third kappa shape index (κ3) is 1.97. The highest BCUT2D eigenvalue weighted by Crippen LogP contribution is 2.60. The number of nitrogens with two attached hydrogens (primary N) is 1. The van der Waals surface area contributed by atoms with Crippen LogP contribution in [-0.2, 0) is 5.41 Å². The molecule has 4 aliphatic carbocycles. The molecule has 4 saturated carbocycles.